The highest BCUT2D eigenvalue weighted by Gasteiger charge is 2.04. The molecule has 0 aliphatic heterocycles. The zero-order chi connectivity index (χ0) is 13.2. The minimum absolute atomic E-state index is 0.413. The number of benzene rings is 1. The van der Waals surface area contributed by atoms with E-state index in [1.165, 1.54) is 0 Å². The Balaban J connectivity index is 1.91. The monoisotopic (exact) mass is 252 g/mol. The summed E-state index contributed by atoms with van der Waals surface area (Å²) in [6.07, 6.45) is 6.00. The lowest BCUT2D eigenvalue weighted by molar-refractivity contribution is 0.1000. The first kappa shape index (κ1) is 11.4. The Kier molecular flexibility index (Phi) is 2.72. The molecule has 19 heavy (non-hydrogen) atoms. The van der Waals surface area contributed by atoms with Crippen molar-refractivity contribution in [3.63, 3.8) is 0 Å². The Morgan fingerprint density at radius 3 is 3.00 bits per heavy atom. The maximum absolute atomic E-state index is 11.1. The van der Waals surface area contributed by atoms with Crippen molar-refractivity contribution in [1.29, 1.82) is 0 Å². The van der Waals surface area contributed by atoms with Gasteiger partial charge in [0, 0.05) is 18.0 Å². The Morgan fingerprint density at radius 2 is 2.16 bits per heavy atom. The molecule has 0 atom stereocenters. The van der Waals surface area contributed by atoms with Crippen LogP contribution in [0.2, 0.25) is 0 Å². The average Bonchev–Trinajstić information content (AvgIpc) is 2.86. The Morgan fingerprint density at radius 1 is 1.26 bits per heavy atom. The lowest BCUT2D eigenvalue weighted by Crippen LogP contribution is -2.11. The molecule has 0 spiro atoms. The third-order valence-electron chi connectivity index (χ3n) is 2.93. The second-order valence-corrected chi connectivity index (χ2v) is 4.34. The number of nitrogens with two attached hydrogens (primary N) is 1. The summed E-state index contributed by atoms with van der Waals surface area (Å²) >= 11 is 0. The maximum Gasteiger partial charge on any atom is 0.248 e. The van der Waals surface area contributed by atoms with E-state index < -0.39 is 5.91 Å². The van der Waals surface area contributed by atoms with Crippen molar-refractivity contribution in [2.45, 2.75) is 6.42 Å². The molecule has 0 bridgehead atoms. The fourth-order valence-electron chi connectivity index (χ4n) is 2.02. The van der Waals surface area contributed by atoms with Crippen LogP contribution in [0.15, 0.2) is 48.9 Å². The molecule has 5 heteroatoms. The van der Waals surface area contributed by atoms with Crippen LogP contribution in [0.1, 0.15) is 21.5 Å². The largest absolute Gasteiger partial charge is 0.366 e. The highest BCUT2D eigenvalue weighted by Crippen LogP contribution is 2.12. The van der Waals surface area contributed by atoms with Crippen LogP contribution >= 0.6 is 0 Å². The Hall–Kier alpha value is -2.69. The molecule has 2 aromatic heterocycles. The lowest BCUT2D eigenvalue weighted by Gasteiger charge is -2.03. The normalized spacial score (nSPS) is 10.7. The Labute approximate surface area is 109 Å². The molecular formula is C14H12N4O. The lowest BCUT2D eigenvalue weighted by atomic mass is 10.0. The van der Waals surface area contributed by atoms with Gasteiger partial charge in [0.25, 0.3) is 0 Å². The van der Waals surface area contributed by atoms with Crippen molar-refractivity contribution in [2.24, 2.45) is 5.73 Å². The minimum atomic E-state index is -0.413. The number of hydrogen-bond acceptors (Lipinski definition) is 3. The third-order valence-corrected chi connectivity index (χ3v) is 2.93. The van der Waals surface area contributed by atoms with Gasteiger partial charge in [0.1, 0.15) is 0 Å². The standard InChI is InChI=1S/C14H12N4O/c15-14(19)12-3-1-2-10(7-12)6-11-8-13-16-4-5-18(13)17-9-11/h1-5,7-9H,6H2,(H2,15,19). The van der Waals surface area contributed by atoms with E-state index in [0.717, 1.165) is 16.8 Å². The van der Waals surface area contributed by atoms with Gasteiger partial charge in [0.05, 0.1) is 6.20 Å². The fraction of sp³-hybridized carbons (Fsp3) is 0.0714. The molecule has 0 radical (unpaired) electrons. The van der Waals surface area contributed by atoms with Gasteiger partial charge in [-0.25, -0.2) is 9.50 Å². The molecule has 2 heterocycles. The molecule has 2 N–H and O–H groups in total. The van der Waals surface area contributed by atoms with Crippen LogP contribution in [0.25, 0.3) is 5.65 Å². The van der Waals surface area contributed by atoms with Crippen LogP contribution in [-0.4, -0.2) is 20.5 Å². The summed E-state index contributed by atoms with van der Waals surface area (Å²) in [5.41, 5.74) is 8.67. The van der Waals surface area contributed by atoms with Crippen LogP contribution in [0.5, 0.6) is 0 Å². The van der Waals surface area contributed by atoms with Crippen molar-refractivity contribution in [2.75, 3.05) is 0 Å². The van der Waals surface area contributed by atoms with Gasteiger partial charge >= 0.3 is 0 Å². The SMILES string of the molecule is NC(=O)c1cccc(Cc2cnn3ccnc3c2)c1. The van der Waals surface area contributed by atoms with Gasteiger partial charge in [-0.05, 0) is 35.7 Å². The quantitative estimate of drug-likeness (QED) is 0.766. The predicted molar refractivity (Wildman–Crippen MR) is 70.8 cm³/mol. The van der Waals surface area contributed by atoms with E-state index in [4.69, 9.17) is 5.73 Å². The molecule has 0 aliphatic carbocycles. The number of carbonyl (C=O) groups excluding carboxylic acids is 1. The summed E-state index contributed by atoms with van der Waals surface area (Å²) in [5.74, 6) is -0.413. The average molecular weight is 252 g/mol. The number of hydrogen-bond donors (Lipinski definition) is 1. The van der Waals surface area contributed by atoms with Gasteiger partial charge in [-0.1, -0.05) is 12.1 Å². The van der Waals surface area contributed by atoms with E-state index in [9.17, 15) is 4.79 Å². The van der Waals surface area contributed by atoms with Gasteiger partial charge in [-0.2, -0.15) is 5.10 Å². The van der Waals surface area contributed by atoms with Gasteiger partial charge in [0.2, 0.25) is 5.91 Å². The molecule has 0 unspecified atom stereocenters. The number of amides is 1. The highest BCUT2D eigenvalue weighted by atomic mass is 16.1. The van der Waals surface area contributed by atoms with Crippen molar-refractivity contribution in [3.05, 3.63) is 65.6 Å². The number of rotatable bonds is 3. The van der Waals surface area contributed by atoms with Crippen LogP contribution in [0.4, 0.5) is 0 Å². The molecule has 0 fully saturated rings. The van der Waals surface area contributed by atoms with E-state index in [2.05, 4.69) is 10.1 Å². The summed E-state index contributed by atoms with van der Waals surface area (Å²) in [7, 11) is 0. The van der Waals surface area contributed by atoms with E-state index in [1.54, 1.807) is 35.2 Å². The number of nitrogens with zero attached hydrogens (tertiary/aromatic N) is 3. The van der Waals surface area contributed by atoms with E-state index in [1.807, 2.05) is 18.2 Å². The van der Waals surface area contributed by atoms with Gasteiger partial charge in [-0.15, -0.1) is 0 Å². The molecule has 0 saturated carbocycles. The van der Waals surface area contributed by atoms with Crippen LogP contribution < -0.4 is 5.73 Å². The first-order valence-corrected chi connectivity index (χ1v) is 5.89. The topological polar surface area (TPSA) is 73.3 Å². The molecule has 3 rings (SSSR count). The van der Waals surface area contributed by atoms with E-state index in [-0.39, 0.29) is 0 Å². The molecule has 1 amide bonds. The highest BCUT2D eigenvalue weighted by molar-refractivity contribution is 5.92. The third kappa shape index (κ3) is 2.30. The summed E-state index contributed by atoms with van der Waals surface area (Å²) in [5, 5.41) is 4.26. The van der Waals surface area contributed by atoms with Crippen LogP contribution in [0, 0.1) is 0 Å². The number of primary amides is 1. The summed E-state index contributed by atoms with van der Waals surface area (Å²) in [6.45, 7) is 0. The summed E-state index contributed by atoms with van der Waals surface area (Å²) in [4.78, 5) is 15.3. The van der Waals surface area contributed by atoms with E-state index >= 15 is 0 Å². The molecule has 94 valence electrons. The van der Waals surface area contributed by atoms with Crippen LogP contribution in [0.3, 0.4) is 0 Å². The molecule has 0 aliphatic rings. The summed E-state index contributed by atoms with van der Waals surface area (Å²) < 4.78 is 1.71. The van der Waals surface area contributed by atoms with Crippen LogP contribution in [-0.2, 0) is 6.42 Å². The number of aromatic nitrogens is 3. The summed E-state index contributed by atoms with van der Waals surface area (Å²) in [6, 6.07) is 9.28. The number of carbonyl (C=O) groups is 1. The first-order chi connectivity index (χ1) is 9.22. The molecule has 3 aromatic rings. The first-order valence-electron chi connectivity index (χ1n) is 5.89. The van der Waals surface area contributed by atoms with Crippen molar-refractivity contribution in [3.8, 4) is 0 Å². The smallest absolute Gasteiger partial charge is 0.248 e. The number of fused-ring (bicyclic) bond motifs is 1. The minimum Gasteiger partial charge on any atom is -0.366 e. The van der Waals surface area contributed by atoms with Gasteiger partial charge in [-0.3, -0.25) is 4.79 Å². The second-order valence-electron chi connectivity index (χ2n) is 4.34. The van der Waals surface area contributed by atoms with Gasteiger partial charge < -0.3 is 5.73 Å². The van der Waals surface area contributed by atoms with Crippen molar-refractivity contribution < 1.29 is 4.79 Å². The molecular weight excluding hydrogens is 240 g/mol. The number of imidazole rings is 1. The zero-order valence-corrected chi connectivity index (χ0v) is 10.2. The van der Waals surface area contributed by atoms with E-state index in [0.29, 0.717) is 12.0 Å². The molecule has 5 nitrogen and oxygen atoms in total. The molecule has 1 aromatic carbocycles. The van der Waals surface area contributed by atoms with Gasteiger partial charge in [0.15, 0.2) is 5.65 Å². The second kappa shape index (κ2) is 4.53. The Bertz CT molecular complexity index is 748. The fourth-order valence-corrected chi connectivity index (χ4v) is 2.02. The predicted octanol–water partition coefficient (Wildman–Crippen LogP) is 1.42. The zero-order valence-electron chi connectivity index (χ0n) is 10.2. The van der Waals surface area contributed by atoms with Crippen molar-refractivity contribution >= 4 is 11.6 Å². The molecule has 0 saturated heterocycles. The van der Waals surface area contributed by atoms with Crippen molar-refractivity contribution in [1.82, 2.24) is 14.6 Å². The maximum atomic E-state index is 11.1.